The van der Waals surface area contributed by atoms with Gasteiger partial charge in [0.05, 0.1) is 0 Å². The molecule has 0 spiro atoms. The molecule has 13 heteroatoms. The van der Waals surface area contributed by atoms with Gasteiger partial charge in [0, 0.05) is 6.42 Å². The maximum Gasteiger partial charge on any atom is 0.460 e. The van der Waals surface area contributed by atoms with Crippen LogP contribution in [0.1, 0.15) is 84.0 Å². The van der Waals surface area contributed by atoms with Crippen molar-refractivity contribution in [1.29, 1.82) is 0 Å². The zero-order valence-corrected chi connectivity index (χ0v) is 17.4. The molecule has 32 heavy (non-hydrogen) atoms. The minimum absolute atomic E-state index is 0.165. The minimum atomic E-state index is -7.82. The van der Waals surface area contributed by atoms with E-state index in [1.807, 2.05) is 6.92 Å². The predicted octanol–water partition coefficient (Wildman–Crippen LogP) is 9.43. The van der Waals surface area contributed by atoms with Crippen molar-refractivity contribution in [1.82, 2.24) is 0 Å². The van der Waals surface area contributed by atoms with Crippen LogP contribution >= 0.6 is 0 Å². The fourth-order valence-electron chi connectivity index (χ4n) is 2.97. The normalized spacial score (nSPS) is 14.8. The van der Waals surface area contributed by atoms with Crippen LogP contribution in [0.3, 0.4) is 0 Å². The highest BCUT2D eigenvalue weighted by molar-refractivity contribution is 5.10. The maximum absolute atomic E-state index is 13.6. The van der Waals surface area contributed by atoms with Gasteiger partial charge < -0.3 is 0 Å². The molecule has 0 saturated carbocycles. The quantitative estimate of drug-likeness (QED) is 0.146. The lowest BCUT2D eigenvalue weighted by molar-refractivity contribution is -0.440. The molecule has 0 rings (SSSR count). The highest BCUT2D eigenvalue weighted by atomic mass is 19.4. The van der Waals surface area contributed by atoms with E-state index in [0.717, 1.165) is 38.5 Å². The Kier molecular flexibility index (Phi) is 11.2. The summed E-state index contributed by atoms with van der Waals surface area (Å²) in [4.78, 5) is 0. The van der Waals surface area contributed by atoms with Crippen LogP contribution in [0.15, 0.2) is 0 Å². The van der Waals surface area contributed by atoms with Gasteiger partial charge in [-0.3, -0.25) is 0 Å². The monoisotopic (exact) mass is 502 g/mol. The Bertz CT molecular complexity index is 538. The summed E-state index contributed by atoms with van der Waals surface area (Å²) in [5.74, 6) is -36.3. The van der Waals surface area contributed by atoms with Gasteiger partial charge in [-0.05, 0) is 6.42 Å². The van der Waals surface area contributed by atoms with Crippen molar-refractivity contribution in [3.05, 3.63) is 0 Å². The van der Waals surface area contributed by atoms with Crippen LogP contribution in [0.2, 0.25) is 0 Å². The maximum atomic E-state index is 13.6. The lowest BCUT2D eigenvalue weighted by Crippen LogP contribution is -2.70. The third-order valence-electron chi connectivity index (χ3n) is 5.09. The Morgan fingerprint density at radius 2 is 0.688 bits per heavy atom. The van der Waals surface area contributed by atoms with Crippen LogP contribution in [0.25, 0.3) is 0 Å². The smallest absolute Gasteiger partial charge is 0.200 e. The van der Waals surface area contributed by atoms with E-state index in [-0.39, 0.29) is 12.8 Å². The molecule has 0 amide bonds. The van der Waals surface area contributed by atoms with Crippen molar-refractivity contribution in [2.24, 2.45) is 0 Å². The summed E-state index contributed by atoms with van der Waals surface area (Å²) in [6.07, 6.45) is -2.97. The van der Waals surface area contributed by atoms with E-state index in [1.54, 1.807) is 0 Å². The lowest BCUT2D eigenvalue weighted by atomic mass is 9.91. The van der Waals surface area contributed by atoms with E-state index in [2.05, 4.69) is 0 Å². The number of unbranched alkanes of at least 4 members (excludes halogenated alkanes) is 10. The van der Waals surface area contributed by atoms with Crippen molar-refractivity contribution in [3.63, 3.8) is 0 Å². The van der Waals surface area contributed by atoms with Crippen LogP contribution < -0.4 is 0 Å². The highest BCUT2D eigenvalue weighted by Crippen LogP contribution is 2.60. The first-order chi connectivity index (χ1) is 14.3. The standard InChI is InChI=1S/C19H27F13/c1-2-3-4-5-6-7-8-9-10-11-12-13-14(20,21)15(22,23)16(24,25)17(26,27)18(28,29)19(30,31)32/h2-13H2,1H3. The van der Waals surface area contributed by atoms with Gasteiger partial charge in [-0.2, -0.15) is 57.1 Å². The van der Waals surface area contributed by atoms with Crippen molar-refractivity contribution < 1.29 is 57.1 Å². The molecule has 0 N–H and O–H groups in total. The van der Waals surface area contributed by atoms with E-state index in [1.165, 1.54) is 0 Å². The molecule has 0 aromatic carbocycles. The van der Waals surface area contributed by atoms with Gasteiger partial charge in [0.1, 0.15) is 0 Å². The molecule has 0 heterocycles. The first-order valence-corrected chi connectivity index (χ1v) is 10.3. The summed E-state index contributed by atoms with van der Waals surface area (Å²) in [6.45, 7) is 2.05. The first kappa shape index (κ1) is 31.1. The van der Waals surface area contributed by atoms with Gasteiger partial charge in [0.15, 0.2) is 0 Å². The molecule has 0 atom stereocenters. The van der Waals surface area contributed by atoms with Crippen LogP contribution in [-0.2, 0) is 0 Å². The van der Waals surface area contributed by atoms with Gasteiger partial charge in [0.25, 0.3) is 0 Å². The Morgan fingerprint density at radius 1 is 0.375 bits per heavy atom. The second-order valence-electron chi connectivity index (χ2n) is 7.79. The Balaban J connectivity index is 4.84. The van der Waals surface area contributed by atoms with Crippen molar-refractivity contribution in [2.45, 2.75) is 120 Å². The summed E-state index contributed by atoms with van der Waals surface area (Å²) in [5.41, 5.74) is 0. The molecular weight excluding hydrogens is 475 g/mol. The van der Waals surface area contributed by atoms with E-state index < -0.39 is 48.6 Å². The van der Waals surface area contributed by atoms with E-state index >= 15 is 0 Å². The fraction of sp³-hybridized carbons (Fsp3) is 1.00. The number of hydrogen-bond acceptors (Lipinski definition) is 0. The molecule has 0 unspecified atom stereocenters. The molecule has 0 nitrogen and oxygen atoms in total. The molecule has 194 valence electrons. The van der Waals surface area contributed by atoms with Crippen molar-refractivity contribution >= 4 is 0 Å². The largest absolute Gasteiger partial charge is 0.460 e. The summed E-state index contributed by atoms with van der Waals surface area (Å²) in [6, 6.07) is 0. The van der Waals surface area contributed by atoms with E-state index in [9.17, 15) is 57.1 Å². The van der Waals surface area contributed by atoms with Crippen LogP contribution in [0.4, 0.5) is 57.1 Å². The number of halogens is 13. The summed E-state index contributed by atoms with van der Waals surface area (Å²) >= 11 is 0. The second kappa shape index (κ2) is 11.5. The molecule has 0 aliphatic heterocycles. The molecular formula is C19H27F13. The Hall–Kier alpha value is -0.910. The number of alkyl halides is 13. The van der Waals surface area contributed by atoms with Crippen LogP contribution in [-0.4, -0.2) is 35.8 Å². The number of rotatable bonds is 16. The topological polar surface area (TPSA) is 0 Å². The summed E-state index contributed by atoms with van der Waals surface area (Å²) < 4.78 is 169. The Labute approximate surface area is 177 Å². The van der Waals surface area contributed by atoms with Gasteiger partial charge >= 0.3 is 35.8 Å². The molecule has 0 aliphatic carbocycles. The summed E-state index contributed by atoms with van der Waals surface area (Å²) in [7, 11) is 0. The van der Waals surface area contributed by atoms with Crippen molar-refractivity contribution in [3.8, 4) is 0 Å². The van der Waals surface area contributed by atoms with Crippen LogP contribution in [0, 0.1) is 0 Å². The first-order valence-electron chi connectivity index (χ1n) is 10.3. The lowest BCUT2D eigenvalue weighted by Gasteiger charge is -2.39. The molecule has 0 fully saturated rings. The third-order valence-corrected chi connectivity index (χ3v) is 5.09. The molecule has 0 bridgehead atoms. The molecule has 0 radical (unpaired) electrons. The molecule has 0 aromatic rings. The van der Waals surface area contributed by atoms with E-state index in [0.29, 0.717) is 12.8 Å². The Morgan fingerprint density at radius 3 is 1.03 bits per heavy atom. The molecule has 0 saturated heterocycles. The SMILES string of the molecule is CCCCCCCCCCCCCC(F)(F)C(F)(F)C(F)(F)C(F)(F)C(F)(F)C(F)(F)F. The molecule has 0 aromatic heterocycles. The summed E-state index contributed by atoms with van der Waals surface area (Å²) in [5, 5.41) is 0. The minimum Gasteiger partial charge on any atom is -0.200 e. The van der Waals surface area contributed by atoms with Crippen molar-refractivity contribution in [2.75, 3.05) is 0 Å². The third kappa shape index (κ3) is 6.80. The second-order valence-corrected chi connectivity index (χ2v) is 7.79. The number of hydrogen-bond donors (Lipinski definition) is 0. The zero-order valence-electron chi connectivity index (χ0n) is 17.4. The average molecular weight is 502 g/mol. The highest BCUT2D eigenvalue weighted by Gasteiger charge is 2.90. The zero-order chi connectivity index (χ0) is 25.5. The van der Waals surface area contributed by atoms with Gasteiger partial charge in [0.2, 0.25) is 0 Å². The van der Waals surface area contributed by atoms with Gasteiger partial charge in [-0.15, -0.1) is 0 Å². The van der Waals surface area contributed by atoms with Crippen LogP contribution in [0.5, 0.6) is 0 Å². The van der Waals surface area contributed by atoms with Gasteiger partial charge in [-0.1, -0.05) is 71.1 Å². The average Bonchev–Trinajstić information content (AvgIpc) is 2.64. The van der Waals surface area contributed by atoms with Gasteiger partial charge in [-0.25, -0.2) is 0 Å². The van der Waals surface area contributed by atoms with E-state index in [4.69, 9.17) is 0 Å². The molecule has 0 aliphatic rings. The fourth-order valence-corrected chi connectivity index (χ4v) is 2.97. The predicted molar refractivity (Wildman–Crippen MR) is 91.9 cm³/mol.